The second-order valence-electron chi connectivity index (χ2n) is 5.25. The van der Waals surface area contributed by atoms with Crippen molar-refractivity contribution < 1.29 is 13.2 Å². The van der Waals surface area contributed by atoms with Crippen molar-refractivity contribution in [1.29, 1.82) is 0 Å². The Labute approximate surface area is 122 Å². The SMILES string of the molecule is Cl.O=S(=O)(CC1CCCCO1)NCC[C@H]1CCCN1. The summed E-state index contributed by atoms with van der Waals surface area (Å²) in [5.41, 5.74) is 0. The summed E-state index contributed by atoms with van der Waals surface area (Å²) in [6, 6.07) is 0.485. The van der Waals surface area contributed by atoms with Crippen LogP contribution in [0.3, 0.4) is 0 Å². The van der Waals surface area contributed by atoms with Gasteiger partial charge in [-0.05, 0) is 45.1 Å². The Hall–Kier alpha value is 0.120. The highest BCUT2D eigenvalue weighted by atomic mass is 35.5. The molecule has 0 aliphatic carbocycles. The Morgan fingerprint density at radius 1 is 1.21 bits per heavy atom. The molecule has 5 nitrogen and oxygen atoms in total. The first kappa shape index (κ1) is 17.2. The van der Waals surface area contributed by atoms with E-state index in [1.165, 1.54) is 6.42 Å². The molecule has 0 saturated carbocycles. The molecule has 19 heavy (non-hydrogen) atoms. The molecule has 2 rings (SSSR count). The van der Waals surface area contributed by atoms with Gasteiger partial charge in [0.15, 0.2) is 0 Å². The predicted molar refractivity (Wildman–Crippen MR) is 78.3 cm³/mol. The third kappa shape index (κ3) is 6.40. The van der Waals surface area contributed by atoms with Crippen LogP contribution in [0, 0.1) is 0 Å². The molecule has 114 valence electrons. The molecule has 0 aromatic heterocycles. The molecule has 0 bridgehead atoms. The van der Waals surface area contributed by atoms with Crippen LogP contribution >= 0.6 is 12.4 Å². The van der Waals surface area contributed by atoms with Gasteiger partial charge in [0.1, 0.15) is 0 Å². The van der Waals surface area contributed by atoms with Gasteiger partial charge in [0.25, 0.3) is 0 Å². The Kier molecular flexibility index (Phi) is 7.61. The molecular weight excluding hydrogens is 288 g/mol. The Morgan fingerprint density at radius 3 is 2.68 bits per heavy atom. The lowest BCUT2D eigenvalue weighted by atomic mass is 10.1. The van der Waals surface area contributed by atoms with Crippen molar-refractivity contribution in [2.75, 3.05) is 25.4 Å². The Morgan fingerprint density at radius 2 is 2.05 bits per heavy atom. The van der Waals surface area contributed by atoms with Crippen LogP contribution in [0.15, 0.2) is 0 Å². The quantitative estimate of drug-likeness (QED) is 0.769. The molecule has 7 heteroatoms. The average molecular weight is 313 g/mol. The zero-order valence-electron chi connectivity index (χ0n) is 11.3. The first-order valence-electron chi connectivity index (χ1n) is 6.98. The summed E-state index contributed by atoms with van der Waals surface area (Å²) in [5, 5.41) is 3.36. The van der Waals surface area contributed by atoms with Crippen LogP contribution in [0.25, 0.3) is 0 Å². The molecule has 0 spiro atoms. The van der Waals surface area contributed by atoms with Gasteiger partial charge in [-0.3, -0.25) is 0 Å². The number of hydrogen-bond acceptors (Lipinski definition) is 4. The summed E-state index contributed by atoms with van der Waals surface area (Å²) in [6.07, 6.45) is 6.13. The Balaban J connectivity index is 0.00000180. The zero-order chi connectivity index (χ0) is 12.8. The molecule has 0 aromatic rings. The number of hydrogen-bond donors (Lipinski definition) is 2. The standard InChI is InChI=1S/C12H24N2O3S.ClH/c15-18(16,10-12-5-1-2-9-17-12)14-8-6-11-4-3-7-13-11;/h11-14H,1-10H2;1H/t11-,12?;/m1./s1. The maximum atomic E-state index is 11.9. The van der Waals surface area contributed by atoms with Crippen LogP contribution < -0.4 is 10.0 Å². The fourth-order valence-corrected chi connectivity index (χ4v) is 3.93. The molecule has 2 aliphatic rings. The molecule has 2 heterocycles. The number of sulfonamides is 1. The lowest BCUT2D eigenvalue weighted by Gasteiger charge is -2.22. The van der Waals surface area contributed by atoms with Crippen molar-refractivity contribution >= 4 is 22.4 Å². The van der Waals surface area contributed by atoms with Gasteiger partial charge in [-0.2, -0.15) is 0 Å². The van der Waals surface area contributed by atoms with Gasteiger partial charge < -0.3 is 10.1 Å². The fraction of sp³-hybridized carbons (Fsp3) is 1.00. The van der Waals surface area contributed by atoms with Gasteiger partial charge in [-0.15, -0.1) is 12.4 Å². The van der Waals surface area contributed by atoms with E-state index in [0.29, 0.717) is 19.2 Å². The monoisotopic (exact) mass is 312 g/mol. The minimum atomic E-state index is -3.18. The van der Waals surface area contributed by atoms with Crippen molar-refractivity contribution in [2.45, 2.75) is 50.7 Å². The van der Waals surface area contributed by atoms with Crippen LogP contribution in [0.1, 0.15) is 38.5 Å². The third-order valence-electron chi connectivity index (χ3n) is 3.66. The van der Waals surface area contributed by atoms with Crippen LogP contribution in [-0.4, -0.2) is 46.0 Å². The number of halogens is 1. The average Bonchev–Trinajstić information content (AvgIpc) is 2.82. The van der Waals surface area contributed by atoms with Gasteiger partial charge in [0.2, 0.25) is 10.0 Å². The lowest BCUT2D eigenvalue weighted by molar-refractivity contribution is 0.0304. The summed E-state index contributed by atoms with van der Waals surface area (Å²) in [5.74, 6) is 0.116. The molecule has 0 aromatic carbocycles. The highest BCUT2D eigenvalue weighted by Gasteiger charge is 2.22. The number of nitrogens with one attached hydrogen (secondary N) is 2. The molecule has 2 aliphatic heterocycles. The van der Waals surface area contributed by atoms with E-state index >= 15 is 0 Å². The molecule has 1 unspecified atom stereocenters. The third-order valence-corrected chi connectivity index (χ3v) is 5.11. The van der Waals surface area contributed by atoms with E-state index in [-0.39, 0.29) is 24.3 Å². The molecule has 2 N–H and O–H groups in total. The van der Waals surface area contributed by atoms with E-state index in [4.69, 9.17) is 4.74 Å². The largest absolute Gasteiger partial charge is 0.377 e. The fourth-order valence-electron chi connectivity index (χ4n) is 2.63. The molecule has 0 radical (unpaired) electrons. The van der Waals surface area contributed by atoms with Crippen LogP contribution in [-0.2, 0) is 14.8 Å². The number of ether oxygens (including phenoxy) is 1. The predicted octanol–water partition coefficient (Wildman–Crippen LogP) is 1.04. The second-order valence-corrected chi connectivity index (χ2v) is 7.10. The van der Waals surface area contributed by atoms with E-state index in [2.05, 4.69) is 10.0 Å². The van der Waals surface area contributed by atoms with E-state index in [9.17, 15) is 8.42 Å². The minimum absolute atomic E-state index is 0. The van der Waals surface area contributed by atoms with Crippen molar-refractivity contribution in [3.05, 3.63) is 0 Å². The zero-order valence-corrected chi connectivity index (χ0v) is 12.9. The smallest absolute Gasteiger partial charge is 0.214 e. The van der Waals surface area contributed by atoms with E-state index in [1.807, 2.05) is 0 Å². The van der Waals surface area contributed by atoms with Gasteiger partial charge in [-0.1, -0.05) is 0 Å². The van der Waals surface area contributed by atoms with Crippen LogP contribution in [0.4, 0.5) is 0 Å². The molecule has 2 fully saturated rings. The maximum Gasteiger partial charge on any atom is 0.214 e. The van der Waals surface area contributed by atoms with E-state index in [1.54, 1.807) is 0 Å². The summed E-state index contributed by atoms with van der Waals surface area (Å²) < 4.78 is 31.9. The second kappa shape index (κ2) is 8.42. The summed E-state index contributed by atoms with van der Waals surface area (Å²) in [4.78, 5) is 0. The van der Waals surface area contributed by atoms with Crippen molar-refractivity contribution in [3.63, 3.8) is 0 Å². The van der Waals surface area contributed by atoms with Crippen molar-refractivity contribution in [1.82, 2.24) is 10.0 Å². The summed E-state index contributed by atoms with van der Waals surface area (Å²) in [6.45, 7) is 2.30. The maximum absolute atomic E-state index is 11.9. The highest BCUT2D eigenvalue weighted by molar-refractivity contribution is 7.89. The molecule has 2 atom stereocenters. The summed E-state index contributed by atoms with van der Waals surface area (Å²) in [7, 11) is -3.18. The molecular formula is C12H25ClN2O3S. The van der Waals surface area contributed by atoms with E-state index < -0.39 is 10.0 Å². The first-order chi connectivity index (χ1) is 8.66. The van der Waals surface area contributed by atoms with Gasteiger partial charge >= 0.3 is 0 Å². The van der Waals surface area contributed by atoms with Crippen LogP contribution in [0.5, 0.6) is 0 Å². The lowest BCUT2D eigenvalue weighted by Crippen LogP contribution is -2.37. The minimum Gasteiger partial charge on any atom is -0.377 e. The van der Waals surface area contributed by atoms with Crippen molar-refractivity contribution in [3.8, 4) is 0 Å². The topological polar surface area (TPSA) is 67.4 Å². The number of rotatable bonds is 6. The van der Waals surface area contributed by atoms with Crippen molar-refractivity contribution in [2.24, 2.45) is 0 Å². The van der Waals surface area contributed by atoms with Gasteiger partial charge in [0.05, 0.1) is 11.9 Å². The first-order valence-corrected chi connectivity index (χ1v) is 8.63. The Bertz CT molecular complexity index is 339. The van der Waals surface area contributed by atoms with Gasteiger partial charge in [0, 0.05) is 19.2 Å². The molecule has 0 amide bonds. The van der Waals surface area contributed by atoms with Gasteiger partial charge in [-0.25, -0.2) is 13.1 Å². The van der Waals surface area contributed by atoms with E-state index in [0.717, 1.165) is 38.6 Å². The molecule has 2 saturated heterocycles. The normalized spacial score (nSPS) is 28.0. The summed E-state index contributed by atoms with van der Waals surface area (Å²) >= 11 is 0. The van der Waals surface area contributed by atoms with Crippen LogP contribution in [0.2, 0.25) is 0 Å². The highest BCUT2D eigenvalue weighted by Crippen LogP contribution is 2.14.